The highest BCUT2D eigenvalue weighted by Gasteiger charge is 2.50. The van der Waals surface area contributed by atoms with Crippen molar-refractivity contribution in [3.63, 3.8) is 0 Å². The van der Waals surface area contributed by atoms with Crippen molar-refractivity contribution >= 4 is 0 Å². The second kappa shape index (κ2) is 10.8. The van der Waals surface area contributed by atoms with E-state index in [0.29, 0.717) is 11.8 Å². The molecule has 0 spiro atoms. The summed E-state index contributed by atoms with van der Waals surface area (Å²) in [6.07, 6.45) is 15.9. The summed E-state index contributed by atoms with van der Waals surface area (Å²) in [5.41, 5.74) is 0.201. The van der Waals surface area contributed by atoms with Gasteiger partial charge in [-0.2, -0.15) is 0 Å². The zero-order chi connectivity index (χ0) is 18.1. The van der Waals surface area contributed by atoms with E-state index in [0.717, 1.165) is 0 Å². The molecule has 0 aromatic rings. The first-order valence-electron chi connectivity index (χ1n) is 10.5. The Balaban J connectivity index is 2.77. The summed E-state index contributed by atoms with van der Waals surface area (Å²) in [4.78, 5) is 0. The predicted molar refractivity (Wildman–Crippen MR) is 104 cm³/mol. The van der Waals surface area contributed by atoms with Gasteiger partial charge in [-0.15, -0.1) is 0 Å². The average Bonchev–Trinajstić information content (AvgIpc) is 2.57. The highest BCUT2D eigenvalue weighted by Crippen LogP contribution is 2.48. The Bertz CT molecular complexity index is 308. The quantitative estimate of drug-likeness (QED) is 0.299. The number of unbranched alkanes of at least 4 members (excludes halogenated alkanes) is 5. The maximum atomic E-state index is 6.19. The van der Waals surface area contributed by atoms with Crippen LogP contribution in [0.1, 0.15) is 105 Å². The van der Waals surface area contributed by atoms with Crippen molar-refractivity contribution in [3.05, 3.63) is 0 Å². The monoisotopic (exact) mass is 340 g/mol. The topological polar surface area (TPSA) is 18.5 Å². The van der Waals surface area contributed by atoms with Crippen LogP contribution in [0.2, 0.25) is 0 Å². The van der Waals surface area contributed by atoms with E-state index in [2.05, 4.69) is 27.7 Å². The molecule has 1 unspecified atom stereocenters. The van der Waals surface area contributed by atoms with Crippen LogP contribution < -0.4 is 0 Å². The minimum absolute atomic E-state index is 0.201. The lowest BCUT2D eigenvalue weighted by molar-refractivity contribution is -0.293. The van der Waals surface area contributed by atoms with Crippen molar-refractivity contribution in [1.29, 1.82) is 0 Å². The Morgan fingerprint density at radius 3 is 1.88 bits per heavy atom. The van der Waals surface area contributed by atoms with Gasteiger partial charge >= 0.3 is 0 Å². The lowest BCUT2D eigenvalue weighted by Gasteiger charge is -2.50. The first-order valence-corrected chi connectivity index (χ1v) is 10.5. The van der Waals surface area contributed by atoms with Gasteiger partial charge < -0.3 is 9.47 Å². The van der Waals surface area contributed by atoms with Crippen molar-refractivity contribution < 1.29 is 9.47 Å². The van der Waals surface area contributed by atoms with Gasteiger partial charge in [0, 0.05) is 26.1 Å². The minimum atomic E-state index is -0.401. The number of ether oxygens (including phenoxy) is 2. The van der Waals surface area contributed by atoms with E-state index in [1.54, 1.807) is 0 Å². The van der Waals surface area contributed by atoms with Gasteiger partial charge in [0.05, 0.1) is 0 Å². The maximum absolute atomic E-state index is 6.19. The number of hydrogen-bond acceptors (Lipinski definition) is 2. The summed E-state index contributed by atoms with van der Waals surface area (Å²) in [7, 11) is 3.75. The van der Waals surface area contributed by atoms with Gasteiger partial charge in [-0.05, 0) is 24.7 Å². The van der Waals surface area contributed by atoms with Crippen LogP contribution in [0.5, 0.6) is 0 Å². The SMILES string of the molecule is CCCCCCCCC(C(C)(C)C)C(OC)(OC)C1CCCCC1. The van der Waals surface area contributed by atoms with Crippen molar-refractivity contribution in [2.75, 3.05) is 14.2 Å². The highest BCUT2D eigenvalue weighted by molar-refractivity contribution is 4.93. The van der Waals surface area contributed by atoms with Crippen molar-refractivity contribution in [2.24, 2.45) is 17.3 Å². The molecular formula is C22H44O2. The van der Waals surface area contributed by atoms with Gasteiger partial charge in [-0.3, -0.25) is 0 Å². The summed E-state index contributed by atoms with van der Waals surface area (Å²) >= 11 is 0. The van der Waals surface area contributed by atoms with Gasteiger partial charge in [-0.1, -0.05) is 85.5 Å². The van der Waals surface area contributed by atoms with E-state index < -0.39 is 5.79 Å². The molecule has 0 heterocycles. The lowest BCUT2D eigenvalue weighted by atomic mass is 9.66. The van der Waals surface area contributed by atoms with Gasteiger partial charge in [0.25, 0.3) is 0 Å². The molecular weight excluding hydrogens is 296 g/mol. The van der Waals surface area contributed by atoms with Gasteiger partial charge in [0.15, 0.2) is 5.79 Å². The Hall–Kier alpha value is -0.0800. The lowest BCUT2D eigenvalue weighted by Crippen LogP contribution is -2.53. The van der Waals surface area contributed by atoms with E-state index in [-0.39, 0.29) is 5.41 Å². The third-order valence-corrected chi connectivity index (χ3v) is 6.19. The van der Waals surface area contributed by atoms with E-state index in [1.807, 2.05) is 14.2 Å². The van der Waals surface area contributed by atoms with Crippen LogP contribution in [0.3, 0.4) is 0 Å². The zero-order valence-electron chi connectivity index (χ0n) is 17.5. The third kappa shape index (κ3) is 6.02. The fourth-order valence-electron chi connectivity index (χ4n) is 4.86. The van der Waals surface area contributed by atoms with E-state index in [1.165, 1.54) is 77.0 Å². The number of rotatable bonds is 11. The van der Waals surface area contributed by atoms with Crippen LogP contribution >= 0.6 is 0 Å². The maximum Gasteiger partial charge on any atom is 0.173 e. The summed E-state index contributed by atoms with van der Waals surface area (Å²) in [5, 5.41) is 0. The van der Waals surface area contributed by atoms with E-state index in [4.69, 9.17) is 9.47 Å². The third-order valence-electron chi connectivity index (χ3n) is 6.19. The fourth-order valence-corrected chi connectivity index (χ4v) is 4.86. The Morgan fingerprint density at radius 1 is 0.833 bits per heavy atom. The van der Waals surface area contributed by atoms with Gasteiger partial charge in [-0.25, -0.2) is 0 Å². The minimum Gasteiger partial charge on any atom is -0.353 e. The highest BCUT2D eigenvalue weighted by atomic mass is 16.7. The fraction of sp³-hybridized carbons (Fsp3) is 1.00. The van der Waals surface area contributed by atoms with Crippen molar-refractivity contribution in [2.45, 2.75) is 111 Å². The molecule has 1 rings (SSSR count). The van der Waals surface area contributed by atoms with Crippen LogP contribution in [0.4, 0.5) is 0 Å². The Labute approximate surface area is 152 Å². The molecule has 0 radical (unpaired) electrons. The summed E-state index contributed by atoms with van der Waals surface area (Å²) in [6.45, 7) is 9.38. The molecule has 1 atom stereocenters. The molecule has 2 heteroatoms. The molecule has 144 valence electrons. The predicted octanol–water partition coefficient (Wildman–Crippen LogP) is 6.97. The number of methoxy groups -OCH3 is 2. The molecule has 0 N–H and O–H groups in total. The summed E-state index contributed by atoms with van der Waals surface area (Å²) in [5.74, 6) is 0.599. The van der Waals surface area contributed by atoms with Crippen LogP contribution in [-0.2, 0) is 9.47 Å². The van der Waals surface area contributed by atoms with Crippen LogP contribution in [0.25, 0.3) is 0 Å². The molecule has 2 nitrogen and oxygen atoms in total. The van der Waals surface area contributed by atoms with Crippen molar-refractivity contribution in [1.82, 2.24) is 0 Å². The standard InChI is InChI=1S/C22H44O2/c1-7-8-9-10-11-15-18-20(21(2,3)4)22(23-5,24-6)19-16-13-12-14-17-19/h19-20H,7-18H2,1-6H3. The molecule has 1 saturated carbocycles. The molecule has 1 aliphatic rings. The molecule has 0 aromatic carbocycles. The molecule has 0 aliphatic heterocycles. The first kappa shape index (κ1) is 22.0. The molecule has 1 aliphatic carbocycles. The van der Waals surface area contributed by atoms with Crippen LogP contribution in [0, 0.1) is 17.3 Å². The Morgan fingerprint density at radius 2 is 1.38 bits per heavy atom. The van der Waals surface area contributed by atoms with Crippen LogP contribution in [0.15, 0.2) is 0 Å². The summed E-state index contributed by atoms with van der Waals surface area (Å²) in [6, 6.07) is 0. The second-order valence-corrected chi connectivity index (χ2v) is 8.94. The molecule has 24 heavy (non-hydrogen) atoms. The average molecular weight is 341 g/mol. The molecule has 0 aromatic heterocycles. The van der Waals surface area contributed by atoms with Crippen molar-refractivity contribution in [3.8, 4) is 0 Å². The van der Waals surface area contributed by atoms with Crippen LogP contribution in [-0.4, -0.2) is 20.0 Å². The molecule has 1 fully saturated rings. The molecule has 0 bridgehead atoms. The van der Waals surface area contributed by atoms with E-state index >= 15 is 0 Å². The molecule has 0 saturated heterocycles. The summed E-state index contributed by atoms with van der Waals surface area (Å²) < 4.78 is 12.4. The zero-order valence-corrected chi connectivity index (χ0v) is 17.5. The second-order valence-electron chi connectivity index (χ2n) is 8.94. The molecule has 0 amide bonds. The first-order chi connectivity index (χ1) is 11.4. The number of hydrogen-bond donors (Lipinski definition) is 0. The normalized spacial score (nSPS) is 18.8. The Kier molecular flexibility index (Phi) is 9.89. The van der Waals surface area contributed by atoms with E-state index in [9.17, 15) is 0 Å². The smallest absolute Gasteiger partial charge is 0.173 e. The van der Waals surface area contributed by atoms with Gasteiger partial charge in [0.2, 0.25) is 0 Å². The largest absolute Gasteiger partial charge is 0.353 e. The van der Waals surface area contributed by atoms with Gasteiger partial charge in [0.1, 0.15) is 0 Å².